The van der Waals surface area contributed by atoms with Crippen molar-refractivity contribution in [1.29, 1.82) is 0 Å². The van der Waals surface area contributed by atoms with Gasteiger partial charge in [-0.15, -0.1) is 0 Å². The molecule has 0 bridgehead atoms. The lowest BCUT2D eigenvalue weighted by Gasteiger charge is -2.38. The maximum Gasteiger partial charge on any atom is 0.0591 e. The van der Waals surface area contributed by atoms with E-state index in [9.17, 15) is 5.11 Å². The minimum Gasteiger partial charge on any atom is -0.393 e. The monoisotopic (exact) mass is 304 g/mol. The number of likely N-dealkylation sites (N-methyl/N-ethyl adjacent to an activating group) is 1. The third-order valence-corrected chi connectivity index (χ3v) is 4.71. The molecule has 1 aliphatic rings. The van der Waals surface area contributed by atoms with Crippen molar-refractivity contribution in [2.75, 3.05) is 20.1 Å². The molecule has 0 aliphatic carbocycles. The first kappa shape index (κ1) is 17.5. The van der Waals surface area contributed by atoms with Gasteiger partial charge in [0.15, 0.2) is 0 Å². The predicted octanol–water partition coefficient (Wildman–Crippen LogP) is 2.89. The Morgan fingerprint density at radius 2 is 1.91 bits per heavy atom. The van der Waals surface area contributed by atoms with Crippen LogP contribution in [0.4, 0.5) is 0 Å². The van der Waals surface area contributed by atoms with Crippen LogP contribution in [0.5, 0.6) is 0 Å². The van der Waals surface area contributed by atoms with E-state index in [0.717, 1.165) is 32.5 Å². The van der Waals surface area contributed by atoms with Gasteiger partial charge in [0.25, 0.3) is 0 Å². The molecule has 0 saturated carbocycles. The fourth-order valence-corrected chi connectivity index (χ4v) is 3.29. The van der Waals surface area contributed by atoms with E-state index in [-0.39, 0.29) is 11.5 Å². The predicted molar refractivity (Wildman–Crippen MR) is 92.8 cm³/mol. The highest BCUT2D eigenvalue weighted by molar-refractivity contribution is 5.14. The normalized spacial score (nSPS) is 25.1. The Hall–Kier alpha value is -0.900. The minimum absolute atomic E-state index is 0.0248. The molecule has 2 rings (SSSR count). The molecule has 1 saturated heterocycles. The Bertz CT molecular complexity index is 440. The Balaban J connectivity index is 1.85. The molecule has 3 atom stereocenters. The van der Waals surface area contributed by atoms with Gasteiger partial charge in [0.1, 0.15) is 0 Å². The molecule has 0 spiro atoms. The molecule has 3 unspecified atom stereocenters. The number of hydrogen-bond donors (Lipinski definition) is 2. The summed E-state index contributed by atoms with van der Waals surface area (Å²) in [5.74, 6) is 0.571. The number of benzene rings is 1. The molecule has 0 radical (unpaired) electrons. The lowest BCUT2D eigenvalue weighted by molar-refractivity contribution is 0.0252. The number of rotatable bonds is 5. The first-order valence-corrected chi connectivity index (χ1v) is 8.48. The van der Waals surface area contributed by atoms with Gasteiger partial charge in [-0.1, -0.05) is 51.1 Å². The second-order valence-corrected chi connectivity index (χ2v) is 8.00. The highest BCUT2D eigenvalue weighted by atomic mass is 16.3. The van der Waals surface area contributed by atoms with Crippen molar-refractivity contribution in [3.05, 3.63) is 35.9 Å². The molecule has 1 aromatic rings. The van der Waals surface area contributed by atoms with Crippen molar-refractivity contribution in [3.63, 3.8) is 0 Å². The molecule has 1 aromatic carbocycles. The van der Waals surface area contributed by atoms with Crippen LogP contribution >= 0.6 is 0 Å². The standard InChI is InChI=1S/C19H32N2O/c1-19(2,3)18(22)11-16-10-17(14-21(4)13-16)20-12-15-8-6-5-7-9-15/h5-9,16-18,20,22H,10-14H2,1-4H3. The molecular formula is C19H32N2O. The third-order valence-electron chi connectivity index (χ3n) is 4.71. The zero-order valence-corrected chi connectivity index (χ0v) is 14.5. The summed E-state index contributed by atoms with van der Waals surface area (Å²) < 4.78 is 0. The number of likely N-dealkylation sites (tertiary alicyclic amines) is 1. The van der Waals surface area contributed by atoms with Crippen LogP contribution in [0.2, 0.25) is 0 Å². The smallest absolute Gasteiger partial charge is 0.0591 e. The Morgan fingerprint density at radius 3 is 2.55 bits per heavy atom. The summed E-state index contributed by atoms with van der Waals surface area (Å²) in [6, 6.07) is 11.1. The minimum atomic E-state index is -0.223. The molecule has 1 heterocycles. The quantitative estimate of drug-likeness (QED) is 0.878. The zero-order chi connectivity index (χ0) is 16.2. The van der Waals surface area contributed by atoms with Gasteiger partial charge in [-0.2, -0.15) is 0 Å². The van der Waals surface area contributed by atoms with E-state index in [0.29, 0.717) is 12.0 Å². The molecule has 3 heteroatoms. The SMILES string of the molecule is CN1CC(CC(O)C(C)(C)C)CC(NCc2ccccc2)C1. The maximum atomic E-state index is 10.4. The van der Waals surface area contributed by atoms with Crippen molar-refractivity contribution >= 4 is 0 Å². The summed E-state index contributed by atoms with van der Waals surface area (Å²) in [6.07, 6.45) is 1.83. The van der Waals surface area contributed by atoms with Gasteiger partial charge in [-0.05, 0) is 36.8 Å². The summed E-state index contributed by atoms with van der Waals surface area (Å²) in [5, 5.41) is 14.1. The summed E-state index contributed by atoms with van der Waals surface area (Å²) >= 11 is 0. The molecule has 0 aromatic heterocycles. The second-order valence-electron chi connectivity index (χ2n) is 8.00. The fourth-order valence-electron chi connectivity index (χ4n) is 3.29. The van der Waals surface area contributed by atoms with Crippen LogP contribution in [0.15, 0.2) is 30.3 Å². The van der Waals surface area contributed by atoms with Crippen LogP contribution in [0.1, 0.15) is 39.2 Å². The lowest BCUT2D eigenvalue weighted by atomic mass is 9.80. The highest BCUT2D eigenvalue weighted by Crippen LogP contribution is 2.28. The Morgan fingerprint density at radius 1 is 1.23 bits per heavy atom. The van der Waals surface area contributed by atoms with E-state index in [2.05, 4.69) is 68.4 Å². The topological polar surface area (TPSA) is 35.5 Å². The van der Waals surface area contributed by atoms with Gasteiger partial charge >= 0.3 is 0 Å². The highest BCUT2D eigenvalue weighted by Gasteiger charge is 2.30. The van der Waals surface area contributed by atoms with E-state index in [1.54, 1.807) is 0 Å². The van der Waals surface area contributed by atoms with Gasteiger partial charge in [0.2, 0.25) is 0 Å². The number of piperidine rings is 1. The van der Waals surface area contributed by atoms with E-state index < -0.39 is 0 Å². The van der Waals surface area contributed by atoms with E-state index in [1.807, 2.05) is 0 Å². The van der Waals surface area contributed by atoms with E-state index >= 15 is 0 Å². The first-order valence-electron chi connectivity index (χ1n) is 8.48. The average molecular weight is 304 g/mol. The number of aliphatic hydroxyl groups is 1. The molecule has 1 aliphatic heterocycles. The molecule has 124 valence electrons. The first-order chi connectivity index (χ1) is 10.3. The van der Waals surface area contributed by atoms with Crippen LogP contribution < -0.4 is 5.32 Å². The number of hydrogen-bond acceptors (Lipinski definition) is 3. The molecular weight excluding hydrogens is 272 g/mol. The van der Waals surface area contributed by atoms with Crippen molar-refractivity contribution in [3.8, 4) is 0 Å². The number of nitrogens with zero attached hydrogens (tertiary/aromatic N) is 1. The van der Waals surface area contributed by atoms with E-state index in [4.69, 9.17) is 0 Å². The Kier molecular flexibility index (Phi) is 6.01. The molecule has 0 amide bonds. The van der Waals surface area contributed by atoms with E-state index in [1.165, 1.54) is 5.56 Å². The van der Waals surface area contributed by atoms with Crippen LogP contribution in [0.3, 0.4) is 0 Å². The van der Waals surface area contributed by atoms with Crippen molar-refractivity contribution < 1.29 is 5.11 Å². The van der Waals surface area contributed by atoms with Gasteiger partial charge in [-0.3, -0.25) is 0 Å². The molecule has 2 N–H and O–H groups in total. The summed E-state index contributed by atoms with van der Waals surface area (Å²) in [4.78, 5) is 2.40. The molecule has 1 fully saturated rings. The van der Waals surface area contributed by atoms with Crippen LogP contribution in [-0.4, -0.2) is 42.3 Å². The average Bonchev–Trinajstić information content (AvgIpc) is 2.44. The summed E-state index contributed by atoms with van der Waals surface area (Å²) in [6.45, 7) is 9.47. The van der Waals surface area contributed by atoms with Gasteiger partial charge < -0.3 is 15.3 Å². The lowest BCUT2D eigenvalue weighted by Crippen LogP contribution is -2.48. The number of nitrogens with one attached hydrogen (secondary N) is 1. The third kappa shape index (κ3) is 5.38. The Labute approximate surface area is 135 Å². The molecule has 3 nitrogen and oxygen atoms in total. The fraction of sp³-hybridized carbons (Fsp3) is 0.684. The van der Waals surface area contributed by atoms with Gasteiger partial charge in [-0.25, -0.2) is 0 Å². The zero-order valence-electron chi connectivity index (χ0n) is 14.5. The van der Waals surface area contributed by atoms with Crippen LogP contribution in [0, 0.1) is 11.3 Å². The second kappa shape index (κ2) is 7.58. The largest absolute Gasteiger partial charge is 0.393 e. The number of aliphatic hydroxyl groups excluding tert-OH is 1. The summed E-state index contributed by atoms with van der Waals surface area (Å²) in [5.41, 5.74) is 1.31. The van der Waals surface area contributed by atoms with Gasteiger partial charge in [0.05, 0.1) is 6.10 Å². The van der Waals surface area contributed by atoms with Crippen molar-refractivity contribution in [2.45, 2.75) is 52.3 Å². The maximum absolute atomic E-state index is 10.4. The molecule has 22 heavy (non-hydrogen) atoms. The van der Waals surface area contributed by atoms with Crippen molar-refractivity contribution in [1.82, 2.24) is 10.2 Å². The van der Waals surface area contributed by atoms with Gasteiger partial charge in [0, 0.05) is 25.7 Å². The summed E-state index contributed by atoms with van der Waals surface area (Å²) in [7, 11) is 2.19. The van der Waals surface area contributed by atoms with Crippen LogP contribution in [-0.2, 0) is 6.54 Å². The van der Waals surface area contributed by atoms with Crippen LogP contribution in [0.25, 0.3) is 0 Å². The van der Waals surface area contributed by atoms with Crippen molar-refractivity contribution in [2.24, 2.45) is 11.3 Å².